The molecule has 0 fully saturated rings. The minimum Gasteiger partial charge on any atom is -0.462 e. The summed E-state index contributed by atoms with van der Waals surface area (Å²) in [6.07, 6.45) is 0.0422. The fraction of sp³-hybridized carbons (Fsp3) is 0.174. The van der Waals surface area contributed by atoms with Gasteiger partial charge < -0.3 is 10.1 Å². The van der Waals surface area contributed by atoms with Gasteiger partial charge in [0, 0.05) is 29.3 Å². The van der Waals surface area contributed by atoms with Crippen molar-refractivity contribution in [2.24, 2.45) is 0 Å². The van der Waals surface area contributed by atoms with E-state index in [1.54, 1.807) is 48.7 Å². The maximum absolute atomic E-state index is 13.3. The first-order valence-corrected chi connectivity index (χ1v) is 10.3. The normalized spacial score (nSPS) is 10.5. The highest BCUT2D eigenvalue weighted by molar-refractivity contribution is 7.15. The zero-order valence-corrected chi connectivity index (χ0v) is 17.1. The van der Waals surface area contributed by atoms with Crippen LogP contribution in [-0.2, 0) is 9.53 Å². The number of rotatable bonds is 8. The highest BCUT2D eigenvalue weighted by atomic mass is 32.1. The molecule has 0 saturated carbocycles. The monoisotopic (exact) mass is 425 g/mol. The third-order valence-electron chi connectivity index (χ3n) is 4.35. The minimum atomic E-state index is -0.575. The summed E-state index contributed by atoms with van der Waals surface area (Å²) in [7, 11) is 0. The number of halogens is 1. The van der Waals surface area contributed by atoms with Gasteiger partial charge in [0.2, 0.25) is 5.91 Å². The van der Waals surface area contributed by atoms with Gasteiger partial charge in [0.25, 0.3) is 0 Å². The molecular weight excluding hydrogens is 405 g/mol. The largest absolute Gasteiger partial charge is 0.462 e. The molecule has 1 amide bonds. The molecule has 1 heterocycles. The predicted molar refractivity (Wildman–Crippen MR) is 114 cm³/mol. The summed E-state index contributed by atoms with van der Waals surface area (Å²) in [4.78, 5) is 37.1. The number of esters is 1. The van der Waals surface area contributed by atoms with Crippen molar-refractivity contribution in [3.8, 4) is 11.1 Å². The Labute approximate surface area is 177 Å². The molecule has 30 heavy (non-hydrogen) atoms. The van der Waals surface area contributed by atoms with E-state index in [0.29, 0.717) is 21.7 Å². The van der Waals surface area contributed by atoms with Gasteiger partial charge in [-0.1, -0.05) is 42.5 Å². The summed E-state index contributed by atoms with van der Waals surface area (Å²) < 4.78 is 18.4. The van der Waals surface area contributed by atoms with E-state index < -0.39 is 5.97 Å². The number of thiophene rings is 1. The molecule has 0 radical (unpaired) electrons. The van der Waals surface area contributed by atoms with E-state index in [1.807, 2.05) is 6.07 Å². The smallest absolute Gasteiger partial charge is 0.341 e. The van der Waals surface area contributed by atoms with Crippen LogP contribution in [0.3, 0.4) is 0 Å². The first-order valence-electron chi connectivity index (χ1n) is 9.42. The minimum absolute atomic E-state index is 0.0141. The highest BCUT2D eigenvalue weighted by Gasteiger charge is 2.23. The Morgan fingerprint density at radius 1 is 1.00 bits per heavy atom. The number of amides is 1. The van der Waals surface area contributed by atoms with Crippen LogP contribution in [0.5, 0.6) is 0 Å². The zero-order chi connectivity index (χ0) is 21.5. The van der Waals surface area contributed by atoms with Gasteiger partial charge in [-0.3, -0.25) is 9.59 Å². The average molecular weight is 425 g/mol. The third-order valence-corrected chi connectivity index (χ3v) is 5.25. The van der Waals surface area contributed by atoms with E-state index >= 15 is 0 Å². The van der Waals surface area contributed by atoms with Gasteiger partial charge in [0.1, 0.15) is 16.4 Å². The SMILES string of the molecule is CCOC(=O)c1c(-c2ccc(F)cc2)csc1NC(=O)CCC(=O)c1ccccc1. The summed E-state index contributed by atoms with van der Waals surface area (Å²) in [5.74, 6) is -1.47. The molecule has 0 unspecified atom stereocenters. The Morgan fingerprint density at radius 2 is 1.70 bits per heavy atom. The molecular formula is C23H20FNO4S. The van der Waals surface area contributed by atoms with E-state index in [9.17, 15) is 18.8 Å². The van der Waals surface area contributed by atoms with Gasteiger partial charge in [0.05, 0.1) is 6.61 Å². The summed E-state index contributed by atoms with van der Waals surface area (Å²) in [6.45, 7) is 1.87. The van der Waals surface area contributed by atoms with Crippen molar-refractivity contribution in [2.75, 3.05) is 11.9 Å². The van der Waals surface area contributed by atoms with Crippen LogP contribution in [-0.4, -0.2) is 24.3 Å². The second kappa shape index (κ2) is 9.93. The number of ether oxygens (including phenoxy) is 1. The lowest BCUT2D eigenvalue weighted by Crippen LogP contribution is -2.15. The number of hydrogen-bond donors (Lipinski definition) is 1. The topological polar surface area (TPSA) is 72.5 Å². The van der Waals surface area contributed by atoms with Gasteiger partial charge in [-0.05, 0) is 24.6 Å². The molecule has 0 aliphatic heterocycles. The molecule has 0 spiro atoms. The Morgan fingerprint density at radius 3 is 2.37 bits per heavy atom. The van der Waals surface area contributed by atoms with Crippen LogP contribution in [0.1, 0.15) is 40.5 Å². The Balaban J connectivity index is 1.76. The number of ketones is 1. The summed E-state index contributed by atoms with van der Waals surface area (Å²) in [6, 6.07) is 14.5. The van der Waals surface area contributed by atoms with E-state index in [4.69, 9.17) is 4.74 Å². The first-order chi connectivity index (χ1) is 14.5. The van der Waals surface area contributed by atoms with Gasteiger partial charge in [-0.2, -0.15) is 0 Å². The van der Waals surface area contributed by atoms with Crippen molar-refractivity contribution in [1.82, 2.24) is 0 Å². The van der Waals surface area contributed by atoms with E-state index in [-0.39, 0.29) is 42.5 Å². The van der Waals surface area contributed by atoms with Crippen LogP contribution in [0.2, 0.25) is 0 Å². The number of anilines is 1. The third kappa shape index (κ3) is 5.18. The van der Waals surface area contributed by atoms with Crippen LogP contribution < -0.4 is 5.32 Å². The van der Waals surface area contributed by atoms with Crippen LogP contribution in [0.25, 0.3) is 11.1 Å². The van der Waals surface area contributed by atoms with Gasteiger partial charge in [-0.15, -0.1) is 11.3 Å². The van der Waals surface area contributed by atoms with Crippen molar-refractivity contribution in [2.45, 2.75) is 19.8 Å². The lowest BCUT2D eigenvalue weighted by Gasteiger charge is -2.09. The lowest BCUT2D eigenvalue weighted by atomic mass is 10.0. The molecule has 0 aliphatic rings. The number of carbonyl (C=O) groups excluding carboxylic acids is 3. The number of Topliss-reactive ketones (excluding diaryl/α,β-unsaturated/α-hetero) is 1. The summed E-state index contributed by atoms with van der Waals surface area (Å²) in [5.41, 5.74) is 1.95. The van der Waals surface area contributed by atoms with Crippen molar-refractivity contribution < 1.29 is 23.5 Å². The number of benzene rings is 2. The number of carbonyl (C=O) groups is 3. The van der Waals surface area contributed by atoms with Crippen LogP contribution in [0, 0.1) is 5.82 Å². The standard InChI is InChI=1S/C23H20FNO4S/c1-2-29-23(28)21-18(15-8-10-17(24)11-9-15)14-30-22(21)25-20(27)13-12-19(26)16-6-4-3-5-7-16/h3-11,14H,2,12-13H2,1H3,(H,25,27). The van der Waals surface area contributed by atoms with Gasteiger partial charge >= 0.3 is 5.97 Å². The summed E-state index contributed by atoms with van der Waals surface area (Å²) in [5, 5.41) is 4.76. The lowest BCUT2D eigenvalue weighted by molar-refractivity contribution is -0.116. The first kappa shape index (κ1) is 21.4. The van der Waals surface area contributed by atoms with Crippen molar-refractivity contribution in [3.05, 3.63) is 76.9 Å². The van der Waals surface area contributed by atoms with Crippen LogP contribution in [0.4, 0.5) is 9.39 Å². The fourth-order valence-electron chi connectivity index (χ4n) is 2.88. The van der Waals surface area contributed by atoms with E-state index in [2.05, 4.69) is 5.32 Å². The van der Waals surface area contributed by atoms with Gasteiger partial charge in [-0.25, -0.2) is 9.18 Å². The second-order valence-electron chi connectivity index (χ2n) is 6.42. The molecule has 1 aromatic heterocycles. The van der Waals surface area contributed by atoms with E-state index in [0.717, 1.165) is 0 Å². The Kier molecular flexibility index (Phi) is 7.08. The van der Waals surface area contributed by atoms with E-state index in [1.165, 1.54) is 23.5 Å². The molecule has 3 rings (SSSR count). The van der Waals surface area contributed by atoms with Crippen LogP contribution >= 0.6 is 11.3 Å². The molecule has 5 nitrogen and oxygen atoms in total. The quantitative estimate of drug-likeness (QED) is 0.391. The number of hydrogen-bond acceptors (Lipinski definition) is 5. The maximum atomic E-state index is 13.3. The zero-order valence-electron chi connectivity index (χ0n) is 16.3. The number of nitrogens with one attached hydrogen (secondary N) is 1. The Hall–Kier alpha value is -3.32. The second-order valence-corrected chi connectivity index (χ2v) is 7.30. The molecule has 0 bridgehead atoms. The predicted octanol–water partition coefficient (Wildman–Crippen LogP) is 5.33. The van der Waals surface area contributed by atoms with Crippen molar-refractivity contribution in [3.63, 3.8) is 0 Å². The molecule has 0 atom stereocenters. The summed E-state index contributed by atoms with van der Waals surface area (Å²) >= 11 is 1.18. The molecule has 1 N–H and O–H groups in total. The highest BCUT2D eigenvalue weighted by Crippen LogP contribution is 2.36. The average Bonchev–Trinajstić information content (AvgIpc) is 3.17. The van der Waals surface area contributed by atoms with Crippen LogP contribution in [0.15, 0.2) is 60.0 Å². The molecule has 7 heteroatoms. The molecule has 3 aromatic rings. The maximum Gasteiger partial charge on any atom is 0.341 e. The fourth-order valence-corrected chi connectivity index (χ4v) is 3.86. The Bertz CT molecular complexity index is 1040. The molecule has 0 aliphatic carbocycles. The molecule has 154 valence electrons. The van der Waals surface area contributed by atoms with Crippen molar-refractivity contribution in [1.29, 1.82) is 0 Å². The molecule has 0 saturated heterocycles. The molecule has 2 aromatic carbocycles. The van der Waals surface area contributed by atoms with Crippen molar-refractivity contribution >= 4 is 34.0 Å². The van der Waals surface area contributed by atoms with Gasteiger partial charge in [0.15, 0.2) is 5.78 Å².